The topological polar surface area (TPSA) is 89.9 Å². The van der Waals surface area contributed by atoms with Crippen molar-refractivity contribution in [3.63, 3.8) is 0 Å². The highest BCUT2D eigenvalue weighted by Gasteiger charge is 2.39. The van der Waals surface area contributed by atoms with Gasteiger partial charge in [0, 0.05) is 0 Å². The first-order valence-electron chi connectivity index (χ1n) is 8.67. The van der Waals surface area contributed by atoms with Crippen molar-refractivity contribution in [2.75, 3.05) is 0 Å². The van der Waals surface area contributed by atoms with Crippen LogP contribution in [0.1, 0.15) is 44.6 Å². The van der Waals surface area contributed by atoms with Crippen LogP contribution in [0.25, 0.3) is 0 Å². The summed E-state index contributed by atoms with van der Waals surface area (Å²) in [6.45, 7) is 1.76. The van der Waals surface area contributed by atoms with Crippen LogP contribution in [0.3, 0.4) is 0 Å². The van der Waals surface area contributed by atoms with E-state index in [9.17, 15) is 19.5 Å². The Morgan fingerprint density at radius 3 is 2.28 bits per heavy atom. The van der Waals surface area contributed by atoms with Crippen LogP contribution in [0, 0.1) is 11.8 Å². The smallest absolute Gasteiger partial charge is 0.342 e. The third kappa shape index (κ3) is 5.39. The van der Waals surface area contributed by atoms with E-state index in [1.807, 2.05) is 30.3 Å². The fourth-order valence-corrected chi connectivity index (χ4v) is 2.94. The van der Waals surface area contributed by atoms with Gasteiger partial charge in [-0.1, -0.05) is 50.1 Å². The zero-order chi connectivity index (χ0) is 18.2. The highest BCUT2D eigenvalue weighted by molar-refractivity contribution is 5.91. The predicted molar refractivity (Wildman–Crippen MR) is 89.1 cm³/mol. The molecule has 2 rings (SSSR count). The Morgan fingerprint density at radius 1 is 1.08 bits per heavy atom. The summed E-state index contributed by atoms with van der Waals surface area (Å²) < 4.78 is 10.1. The second kappa shape index (κ2) is 9.32. The summed E-state index contributed by atoms with van der Waals surface area (Å²) in [6.07, 6.45) is 1.44. The molecule has 1 fully saturated rings. The van der Waals surface area contributed by atoms with Crippen LogP contribution in [0.2, 0.25) is 0 Å². The number of benzene rings is 1. The lowest BCUT2D eigenvalue weighted by Crippen LogP contribution is -2.37. The summed E-state index contributed by atoms with van der Waals surface area (Å²) >= 11 is 0. The van der Waals surface area contributed by atoms with Gasteiger partial charge in [0.2, 0.25) is 0 Å². The van der Waals surface area contributed by atoms with E-state index >= 15 is 0 Å². The minimum absolute atomic E-state index is 0.144. The molecule has 0 saturated heterocycles. The molecule has 0 amide bonds. The molecule has 25 heavy (non-hydrogen) atoms. The maximum Gasteiger partial charge on any atom is 0.342 e. The molecule has 1 aromatic carbocycles. The molecule has 3 unspecified atom stereocenters. The number of carbonyl (C=O) groups excluding carboxylic acids is 3. The number of hydrogen-bond acceptors (Lipinski definition) is 6. The van der Waals surface area contributed by atoms with Gasteiger partial charge in [0.25, 0.3) is 0 Å². The Kier molecular flexibility index (Phi) is 7.13. The van der Waals surface area contributed by atoms with Crippen LogP contribution in [0.15, 0.2) is 30.3 Å². The summed E-state index contributed by atoms with van der Waals surface area (Å²) in [7, 11) is 0. The maximum absolute atomic E-state index is 12.4. The second-order valence-electron chi connectivity index (χ2n) is 6.25. The molecule has 1 N–H and O–H groups in total. The molecule has 0 heterocycles. The van der Waals surface area contributed by atoms with E-state index in [-0.39, 0.29) is 13.0 Å². The summed E-state index contributed by atoms with van der Waals surface area (Å²) in [5, 5.41) is 9.44. The van der Waals surface area contributed by atoms with Crippen molar-refractivity contribution in [2.45, 2.75) is 51.7 Å². The van der Waals surface area contributed by atoms with Gasteiger partial charge in [-0.2, -0.15) is 0 Å². The third-order valence-electron chi connectivity index (χ3n) is 4.46. The molecule has 1 aliphatic carbocycles. The quantitative estimate of drug-likeness (QED) is 0.627. The van der Waals surface area contributed by atoms with Crippen LogP contribution in [0.4, 0.5) is 0 Å². The van der Waals surface area contributed by atoms with Gasteiger partial charge in [-0.15, -0.1) is 0 Å². The van der Waals surface area contributed by atoms with Crippen molar-refractivity contribution >= 4 is 17.9 Å². The number of hydrogen-bond donors (Lipinski definition) is 1. The van der Waals surface area contributed by atoms with E-state index in [0.717, 1.165) is 18.4 Å². The first-order valence-corrected chi connectivity index (χ1v) is 8.67. The van der Waals surface area contributed by atoms with Crippen molar-refractivity contribution in [3.05, 3.63) is 35.9 Å². The van der Waals surface area contributed by atoms with Crippen LogP contribution >= 0.6 is 0 Å². The molecular formula is C19H24O6. The molecular weight excluding hydrogens is 324 g/mol. The lowest BCUT2D eigenvalue weighted by atomic mass is 9.79. The summed E-state index contributed by atoms with van der Waals surface area (Å²) in [4.78, 5) is 36.3. The third-order valence-corrected chi connectivity index (χ3v) is 4.46. The molecule has 6 nitrogen and oxygen atoms in total. The lowest BCUT2D eigenvalue weighted by Gasteiger charge is -2.28. The van der Waals surface area contributed by atoms with Gasteiger partial charge in [0.1, 0.15) is 6.61 Å². The van der Waals surface area contributed by atoms with Crippen molar-refractivity contribution in [3.8, 4) is 0 Å². The fraction of sp³-hybridized carbons (Fsp3) is 0.526. The van der Waals surface area contributed by atoms with Gasteiger partial charge in [0.15, 0.2) is 6.10 Å². The van der Waals surface area contributed by atoms with E-state index < -0.39 is 35.8 Å². The Morgan fingerprint density at radius 2 is 1.68 bits per heavy atom. The average molecular weight is 348 g/mol. The second-order valence-corrected chi connectivity index (χ2v) is 6.25. The highest BCUT2D eigenvalue weighted by atomic mass is 16.6. The molecule has 1 saturated carbocycles. The standard InChI is InChI=1S/C19H24O6/c1-2-16(20)19(23)25-18(22)15-11-7-6-10-14(15)17(21)24-12-13-8-4-3-5-9-13/h3-5,8-9,14-16,20H,2,6-7,10-12H2,1H3. The van der Waals surface area contributed by atoms with E-state index in [0.29, 0.717) is 12.8 Å². The first-order chi connectivity index (χ1) is 12.0. The van der Waals surface area contributed by atoms with Crippen LogP contribution in [0.5, 0.6) is 0 Å². The van der Waals surface area contributed by atoms with Gasteiger partial charge in [-0.25, -0.2) is 4.79 Å². The number of esters is 3. The minimum atomic E-state index is -1.32. The van der Waals surface area contributed by atoms with Gasteiger partial charge < -0.3 is 14.6 Å². The first kappa shape index (κ1) is 19.1. The zero-order valence-electron chi connectivity index (χ0n) is 14.3. The normalized spacial score (nSPS) is 21.2. The van der Waals surface area contributed by atoms with E-state index in [1.54, 1.807) is 6.92 Å². The van der Waals surface area contributed by atoms with E-state index in [2.05, 4.69) is 0 Å². The predicted octanol–water partition coefficient (Wildman–Crippen LogP) is 2.38. The van der Waals surface area contributed by atoms with E-state index in [1.165, 1.54) is 0 Å². The number of aliphatic hydroxyl groups is 1. The largest absolute Gasteiger partial charge is 0.461 e. The number of aliphatic hydroxyl groups excluding tert-OH is 1. The minimum Gasteiger partial charge on any atom is -0.461 e. The number of carbonyl (C=O) groups is 3. The highest BCUT2D eigenvalue weighted by Crippen LogP contribution is 2.32. The lowest BCUT2D eigenvalue weighted by molar-refractivity contribution is -0.174. The van der Waals surface area contributed by atoms with Crippen LogP contribution < -0.4 is 0 Å². The number of ether oxygens (including phenoxy) is 2. The molecule has 0 aromatic heterocycles. The van der Waals surface area contributed by atoms with Crippen LogP contribution in [-0.4, -0.2) is 29.1 Å². The molecule has 3 atom stereocenters. The Balaban J connectivity index is 1.95. The van der Waals surface area contributed by atoms with E-state index in [4.69, 9.17) is 9.47 Å². The summed E-state index contributed by atoms with van der Waals surface area (Å²) in [6, 6.07) is 9.29. The Hall–Kier alpha value is -2.21. The molecule has 0 aliphatic heterocycles. The molecule has 0 radical (unpaired) electrons. The molecule has 0 bridgehead atoms. The molecule has 0 spiro atoms. The van der Waals surface area contributed by atoms with Crippen molar-refractivity contribution in [1.82, 2.24) is 0 Å². The monoisotopic (exact) mass is 348 g/mol. The summed E-state index contributed by atoms with van der Waals surface area (Å²) in [5.74, 6) is -3.48. The SMILES string of the molecule is CCC(O)C(=O)OC(=O)C1CCCCC1C(=O)OCc1ccccc1. The Labute approximate surface area is 147 Å². The van der Waals surface area contributed by atoms with Gasteiger partial charge in [-0.3, -0.25) is 9.59 Å². The van der Waals surface area contributed by atoms with Crippen molar-refractivity contribution in [1.29, 1.82) is 0 Å². The molecule has 1 aliphatic rings. The average Bonchev–Trinajstić information content (AvgIpc) is 2.66. The number of rotatable bonds is 6. The van der Waals surface area contributed by atoms with Crippen molar-refractivity contribution < 1.29 is 29.0 Å². The van der Waals surface area contributed by atoms with Gasteiger partial charge in [0.05, 0.1) is 11.8 Å². The molecule has 1 aromatic rings. The molecule has 6 heteroatoms. The van der Waals surface area contributed by atoms with Gasteiger partial charge >= 0.3 is 17.9 Å². The maximum atomic E-state index is 12.4. The van der Waals surface area contributed by atoms with Crippen molar-refractivity contribution in [2.24, 2.45) is 11.8 Å². The summed E-state index contributed by atoms with van der Waals surface area (Å²) in [5.41, 5.74) is 0.868. The Bertz CT molecular complexity index is 597. The van der Waals surface area contributed by atoms with Gasteiger partial charge in [-0.05, 0) is 24.8 Å². The fourth-order valence-electron chi connectivity index (χ4n) is 2.94. The zero-order valence-corrected chi connectivity index (χ0v) is 14.3. The molecule has 136 valence electrons. The van der Waals surface area contributed by atoms with Crippen LogP contribution in [-0.2, 0) is 30.5 Å².